The van der Waals surface area contributed by atoms with Crippen molar-refractivity contribution in [3.63, 3.8) is 0 Å². The Hall–Kier alpha value is -1.25. The highest BCUT2D eigenvalue weighted by atomic mass is 15.2. The topological polar surface area (TPSA) is 42.2 Å². The van der Waals surface area contributed by atoms with Crippen LogP contribution in [0.15, 0.2) is 18.3 Å². The monoisotopic (exact) mass is 165 g/mol. The molecular weight excluding hydrogens is 150 g/mol. The molecule has 0 unspecified atom stereocenters. The Kier molecular flexibility index (Phi) is 2.91. The summed E-state index contributed by atoms with van der Waals surface area (Å²) in [6.45, 7) is 6.07. The molecule has 2 N–H and O–H groups in total. The Morgan fingerprint density at radius 1 is 1.42 bits per heavy atom. The fourth-order valence-electron chi connectivity index (χ4n) is 1.20. The van der Waals surface area contributed by atoms with Crippen LogP contribution in [0.25, 0.3) is 0 Å². The van der Waals surface area contributed by atoms with Gasteiger partial charge in [0.1, 0.15) is 0 Å². The molecule has 0 atom stereocenters. The number of pyridine rings is 1. The number of anilines is 2. The molecular formula is C9H15N3. The van der Waals surface area contributed by atoms with E-state index in [0.717, 1.165) is 24.6 Å². The summed E-state index contributed by atoms with van der Waals surface area (Å²) in [5.74, 6) is 0.891. The van der Waals surface area contributed by atoms with Gasteiger partial charge in [-0.25, -0.2) is 4.98 Å². The summed E-state index contributed by atoms with van der Waals surface area (Å²) in [5, 5.41) is 0. The predicted octanol–water partition coefficient (Wildman–Crippen LogP) is 1.51. The quantitative estimate of drug-likeness (QED) is 0.738. The third kappa shape index (κ3) is 1.67. The number of hydrogen-bond acceptors (Lipinski definition) is 3. The van der Waals surface area contributed by atoms with Crippen molar-refractivity contribution in [3.8, 4) is 0 Å². The molecule has 3 heteroatoms. The standard InChI is InChI=1S/C9H15N3/c1-3-12(4-2)9-8(10)6-5-7-11-9/h5-7H,3-4,10H2,1-2H3. The van der Waals surface area contributed by atoms with Crippen LogP contribution < -0.4 is 10.6 Å². The van der Waals surface area contributed by atoms with E-state index in [1.165, 1.54) is 0 Å². The lowest BCUT2D eigenvalue weighted by Crippen LogP contribution is -2.23. The van der Waals surface area contributed by atoms with Crippen LogP contribution in [-0.4, -0.2) is 18.1 Å². The summed E-state index contributed by atoms with van der Waals surface area (Å²) in [6.07, 6.45) is 1.77. The van der Waals surface area contributed by atoms with Crippen molar-refractivity contribution < 1.29 is 0 Å². The average Bonchev–Trinajstić information content (AvgIpc) is 2.10. The minimum absolute atomic E-state index is 0.751. The Balaban J connectivity index is 2.92. The molecule has 0 fully saturated rings. The fraction of sp³-hybridized carbons (Fsp3) is 0.444. The van der Waals surface area contributed by atoms with Gasteiger partial charge in [-0.1, -0.05) is 0 Å². The summed E-state index contributed by atoms with van der Waals surface area (Å²) >= 11 is 0. The third-order valence-corrected chi connectivity index (χ3v) is 1.88. The number of aromatic nitrogens is 1. The first kappa shape index (κ1) is 8.84. The second kappa shape index (κ2) is 3.95. The summed E-state index contributed by atoms with van der Waals surface area (Å²) in [5.41, 5.74) is 6.52. The molecule has 0 spiro atoms. The smallest absolute Gasteiger partial charge is 0.151 e. The van der Waals surface area contributed by atoms with Gasteiger partial charge in [0.05, 0.1) is 5.69 Å². The summed E-state index contributed by atoms with van der Waals surface area (Å²) in [4.78, 5) is 6.36. The van der Waals surface area contributed by atoms with Gasteiger partial charge in [0.2, 0.25) is 0 Å². The highest BCUT2D eigenvalue weighted by molar-refractivity contribution is 5.61. The first-order chi connectivity index (χ1) is 5.79. The molecule has 1 aromatic heterocycles. The molecule has 1 rings (SSSR count). The van der Waals surface area contributed by atoms with E-state index >= 15 is 0 Å². The molecule has 66 valence electrons. The molecule has 0 aliphatic carbocycles. The van der Waals surface area contributed by atoms with Crippen LogP contribution in [-0.2, 0) is 0 Å². The molecule has 0 saturated carbocycles. The van der Waals surface area contributed by atoms with Crippen molar-refractivity contribution in [1.29, 1.82) is 0 Å². The predicted molar refractivity (Wildman–Crippen MR) is 52.2 cm³/mol. The van der Waals surface area contributed by atoms with E-state index in [1.807, 2.05) is 12.1 Å². The van der Waals surface area contributed by atoms with Crippen molar-refractivity contribution in [2.75, 3.05) is 23.7 Å². The number of nitrogen functional groups attached to an aromatic ring is 1. The Bertz CT molecular complexity index is 243. The Morgan fingerprint density at radius 2 is 2.08 bits per heavy atom. The normalized spacial score (nSPS) is 9.83. The van der Waals surface area contributed by atoms with Crippen molar-refractivity contribution >= 4 is 11.5 Å². The zero-order valence-electron chi connectivity index (χ0n) is 7.62. The molecule has 0 aliphatic heterocycles. The van der Waals surface area contributed by atoms with Crippen molar-refractivity contribution in [3.05, 3.63) is 18.3 Å². The van der Waals surface area contributed by atoms with Crippen LogP contribution >= 0.6 is 0 Å². The van der Waals surface area contributed by atoms with Gasteiger partial charge in [-0.05, 0) is 26.0 Å². The maximum absolute atomic E-state index is 5.77. The van der Waals surface area contributed by atoms with E-state index in [1.54, 1.807) is 6.20 Å². The number of rotatable bonds is 3. The minimum atomic E-state index is 0.751. The molecule has 0 saturated heterocycles. The second-order valence-corrected chi connectivity index (χ2v) is 2.59. The summed E-state index contributed by atoms with van der Waals surface area (Å²) in [6, 6.07) is 3.73. The molecule has 0 radical (unpaired) electrons. The minimum Gasteiger partial charge on any atom is -0.396 e. The van der Waals surface area contributed by atoms with E-state index in [0.29, 0.717) is 0 Å². The molecule has 1 aromatic rings. The number of nitrogens with two attached hydrogens (primary N) is 1. The van der Waals surface area contributed by atoms with E-state index in [4.69, 9.17) is 5.73 Å². The van der Waals surface area contributed by atoms with E-state index in [2.05, 4.69) is 23.7 Å². The summed E-state index contributed by atoms with van der Waals surface area (Å²) in [7, 11) is 0. The van der Waals surface area contributed by atoms with Gasteiger partial charge < -0.3 is 10.6 Å². The lowest BCUT2D eigenvalue weighted by atomic mass is 10.3. The fourth-order valence-corrected chi connectivity index (χ4v) is 1.20. The molecule has 0 aliphatic rings. The maximum atomic E-state index is 5.77. The van der Waals surface area contributed by atoms with Gasteiger partial charge in [-0.2, -0.15) is 0 Å². The Labute approximate surface area is 73.2 Å². The van der Waals surface area contributed by atoms with Gasteiger partial charge in [0, 0.05) is 19.3 Å². The van der Waals surface area contributed by atoms with Gasteiger partial charge in [-0.15, -0.1) is 0 Å². The van der Waals surface area contributed by atoms with E-state index in [-0.39, 0.29) is 0 Å². The zero-order valence-corrected chi connectivity index (χ0v) is 7.62. The number of nitrogens with zero attached hydrogens (tertiary/aromatic N) is 2. The van der Waals surface area contributed by atoms with Crippen LogP contribution in [0.3, 0.4) is 0 Å². The van der Waals surface area contributed by atoms with Crippen LogP contribution in [0.1, 0.15) is 13.8 Å². The molecule has 0 amide bonds. The van der Waals surface area contributed by atoms with Crippen LogP contribution in [0.2, 0.25) is 0 Å². The third-order valence-electron chi connectivity index (χ3n) is 1.88. The van der Waals surface area contributed by atoms with Gasteiger partial charge in [0.15, 0.2) is 5.82 Å². The molecule has 0 bridgehead atoms. The maximum Gasteiger partial charge on any atom is 0.151 e. The SMILES string of the molecule is CCN(CC)c1ncccc1N. The largest absolute Gasteiger partial charge is 0.396 e. The highest BCUT2D eigenvalue weighted by Gasteiger charge is 2.05. The van der Waals surface area contributed by atoms with E-state index in [9.17, 15) is 0 Å². The first-order valence-electron chi connectivity index (χ1n) is 4.25. The molecule has 3 nitrogen and oxygen atoms in total. The number of hydrogen-bond donors (Lipinski definition) is 1. The molecule has 1 heterocycles. The van der Waals surface area contributed by atoms with E-state index < -0.39 is 0 Å². The lowest BCUT2D eigenvalue weighted by molar-refractivity contribution is 0.848. The van der Waals surface area contributed by atoms with Crippen molar-refractivity contribution in [2.45, 2.75) is 13.8 Å². The highest BCUT2D eigenvalue weighted by Crippen LogP contribution is 2.17. The van der Waals surface area contributed by atoms with Gasteiger partial charge >= 0.3 is 0 Å². The van der Waals surface area contributed by atoms with Crippen molar-refractivity contribution in [2.24, 2.45) is 0 Å². The second-order valence-electron chi connectivity index (χ2n) is 2.59. The van der Waals surface area contributed by atoms with Gasteiger partial charge in [-0.3, -0.25) is 0 Å². The lowest BCUT2D eigenvalue weighted by Gasteiger charge is -2.20. The van der Waals surface area contributed by atoms with Crippen LogP contribution in [0.4, 0.5) is 11.5 Å². The van der Waals surface area contributed by atoms with Crippen LogP contribution in [0, 0.1) is 0 Å². The van der Waals surface area contributed by atoms with Gasteiger partial charge in [0.25, 0.3) is 0 Å². The van der Waals surface area contributed by atoms with Crippen molar-refractivity contribution in [1.82, 2.24) is 4.98 Å². The first-order valence-corrected chi connectivity index (χ1v) is 4.25. The summed E-state index contributed by atoms with van der Waals surface area (Å²) < 4.78 is 0. The average molecular weight is 165 g/mol. The molecule has 12 heavy (non-hydrogen) atoms. The molecule has 0 aromatic carbocycles. The zero-order chi connectivity index (χ0) is 8.97. The van der Waals surface area contributed by atoms with Crippen LogP contribution in [0.5, 0.6) is 0 Å². The Morgan fingerprint density at radius 3 is 2.58 bits per heavy atom.